The molecule has 5 heteroatoms. The fraction of sp³-hybridized carbons (Fsp3) is 0.429. The van der Waals surface area contributed by atoms with Crippen LogP contribution >= 0.6 is 11.6 Å². The monoisotopic (exact) mass is 372 g/mol. The number of benzene rings is 1. The number of nitrogens with one attached hydrogen (secondary N) is 1. The Hall–Kier alpha value is -2.07. The van der Waals surface area contributed by atoms with Crippen molar-refractivity contribution in [2.75, 3.05) is 0 Å². The molecule has 0 bridgehead atoms. The third-order valence-electron chi connectivity index (χ3n) is 4.75. The van der Waals surface area contributed by atoms with Crippen molar-refractivity contribution in [3.63, 3.8) is 0 Å². The number of ether oxygens (including phenoxy) is 1. The average molecular weight is 373 g/mol. The van der Waals surface area contributed by atoms with Crippen LogP contribution in [0.2, 0.25) is 5.02 Å². The van der Waals surface area contributed by atoms with Crippen molar-refractivity contribution in [2.24, 2.45) is 0 Å². The lowest BCUT2D eigenvalue weighted by Crippen LogP contribution is -2.39. The standard InChI is InChI=1S/C21H25ClN2O2/c1-15-3-2-4-16(13-15)5-11-20(25)24-18-7-9-19(10-8-18)26-21-12-6-17(22)14-23-21/h2-4,6,12-14,18-19H,5,7-11H2,1H3,(H,24,25). The van der Waals surface area contributed by atoms with Crippen LogP contribution in [0.3, 0.4) is 0 Å². The number of rotatable bonds is 6. The maximum atomic E-state index is 12.2. The van der Waals surface area contributed by atoms with Crippen LogP contribution in [0.1, 0.15) is 43.2 Å². The summed E-state index contributed by atoms with van der Waals surface area (Å²) in [5.41, 5.74) is 2.45. The summed E-state index contributed by atoms with van der Waals surface area (Å²) in [5.74, 6) is 0.746. The highest BCUT2D eigenvalue weighted by Crippen LogP contribution is 2.23. The normalized spacial score (nSPS) is 19.8. The quantitative estimate of drug-likeness (QED) is 0.813. The van der Waals surface area contributed by atoms with Gasteiger partial charge in [-0.1, -0.05) is 41.4 Å². The van der Waals surface area contributed by atoms with Gasteiger partial charge in [0.1, 0.15) is 6.10 Å². The number of halogens is 1. The van der Waals surface area contributed by atoms with Crippen LogP contribution in [0, 0.1) is 6.92 Å². The van der Waals surface area contributed by atoms with E-state index in [1.165, 1.54) is 11.1 Å². The van der Waals surface area contributed by atoms with Gasteiger partial charge in [-0.25, -0.2) is 4.98 Å². The van der Waals surface area contributed by atoms with Crippen LogP contribution < -0.4 is 10.1 Å². The third-order valence-corrected chi connectivity index (χ3v) is 4.97. The largest absolute Gasteiger partial charge is 0.474 e. The van der Waals surface area contributed by atoms with Gasteiger partial charge in [-0.15, -0.1) is 0 Å². The van der Waals surface area contributed by atoms with Crippen LogP contribution in [0.4, 0.5) is 0 Å². The molecule has 4 nitrogen and oxygen atoms in total. The number of amides is 1. The van der Waals surface area contributed by atoms with Gasteiger partial charge in [0.2, 0.25) is 11.8 Å². The van der Waals surface area contributed by atoms with E-state index in [-0.39, 0.29) is 18.1 Å². The van der Waals surface area contributed by atoms with Crippen LogP contribution in [-0.2, 0) is 11.2 Å². The first kappa shape index (κ1) is 18.7. The van der Waals surface area contributed by atoms with Crippen molar-refractivity contribution in [3.05, 3.63) is 58.7 Å². The molecular formula is C21H25ClN2O2. The summed E-state index contributed by atoms with van der Waals surface area (Å²) in [7, 11) is 0. The molecule has 1 fully saturated rings. The molecule has 0 radical (unpaired) electrons. The molecule has 138 valence electrons. The Labute approximate surface area is 159 Å². The lowest BCUT2D eigenvalue weighted by atomic mass is 9.92. The zero-order valence-electron chi connectivity index (χ0n) is 15.1. The zero-order chi connectivity index (χ0) is 18.4. The number of aryl methyl sites for hydroxylation is 2. The first-order chi connectivity index (χ1) is 12.6. The second-order valence-electron chi connectivity index (χ2n) is 6.96. The predicted molar refractivity (Wildman–Crippen MR) is 104 cm³/mol. The van der Waals surface area contributed by atoms with Crippen molar-refractivity contribution in [1.82, 2.24) is 10.3 Å². The van der Waals surface area contributed by atoms with Gasteiger partial charge in [0.25, 0.3) is 0 Å². The van der Waals surface area contributed by atoms with Gasteiger partial charge in [0.05, 0.1) is 5.02 Å². The Morgan fingerprint density at radius 2 is 2.04 bits per heavy atom. The highest BCUT2D eigenvalue weighted by Gasteiger charge is 2.23. The summed E-state index contributed by atoms with van der Waals surface area (Å²) in [4.78, 5) is 16.4. The number of nitrogens with zero attached hydrogens (tertiary/aromatic N) is 1. The number of aromatic nitrogens is 1. The summed E-state index contributed by atoms with van der Waals surface area (Å²) in [6, 6.07) is 12.2. The Morgan fingerprint density at radius 3 is 2.73 bits per heavy atom. The summed E-state index contributed by atoms with van der Waals surface area (Å²) in [6.07, 6.45) is 6.80. The Bertz CT molecular complexity index is 725. The van der Waals surface area contributed by atoms with E-state index < -0.39 is 0 Å². The number of hydrogen-bond acceptors (Lipinski definition) is 3. The van der Waals surface area contributed by atoms with Crippen LogP contribution in [0.15, 0.2) is 42.6 Å². The molecular weight excluding hydrogens is 348 g/mol. The fourth-order valence-electron chi connectivity index (χ4n) is 3.35. The van der Waals surface area contributed by atoms with E-state index in [4.69, 9.17) is 16.3 Å². The SMILES string of the molecule is Cc1cccc(CCC(=O)NC2CCC(Oc3ccc(Cl)cn3)CC2)c1. The van der Waals surface area contributed by atoms with Gasteiger partial charge < -0.3 is 10.1 Å². The molecule has 0 saturated heterocycles. The molecule has 1 aromatic carbocycles. The molecule has 26 heavy (non-hydrogen) atoms. The molecule has 1 heterocycles. The minimum Gasteiger partial charge on any atom is -0.474 e. The second kappa shape index (κ2) is 9.04. The second-order valence-corrected chi connectivity index (χ2v) is 7.40. The van der Waals surface area contributed by atoms with E-state index in [1.54, 1.807) is 18.3 Å². The van der Waals surface area contributed by atoms with Gasteiger partial charge >= 0.3 is 0 Å². The number of carbonyl (C=O) groups excluding carboxylic acids is 1. The van der Waals surface area contributed by atoms with Gasteiger partial charge in [0.15, 0.2) is 0 Å². The summed E-state index contributed by atoms with van der Waals surface area (Å²) in [5, 5.41) is 3.77. The molecule has 0 spiro atoms. The topological polar surface area (TPSA) is 51.2 Å². The van der Waals surface area contributed by atoms with E-state index in [0.29, 0.717) is 17.3 Å². The molecule has 1 N–H and O–H groups in total. The molecule has 1 aliphatic carbocycles. The van der Waals surface area contributed by atoms with Crippen molar-refractivity contribution < 1.29 is 9.53 Å². The predicted octanol–water partition coefficient (Wildman–Crippen LogP) is 4.48. The molecule has 1 amide bonds. The minimum atomic E-state index is 0.134. The van der Waals surface area contributed by atoms with Gasteiger partial charge in [-0.3, -0.25) is 4.79 Å². The van der Waals surface area contributed by atoms with Crippen molar-refractivity contribution in [2.45, 2.75) is 57.6 Å². The molecule has 1 aliphatic rings. The molecule has 0 aliphatic heterocycles. The van der Waals surface area contributed by atoms with Crippen LogP contribution in [0.25, 0.3) is 0 Å². The van der Waals surface area contributed by atoms with Gasteiger partial charge in [0, 0.05) is 24.7 Å². The van der Waals surface area contributed by atoms with E-state index in [9.17, 15) is 4.79 Å². The smallest absolute Gasteiger partial charge is 0.220 e. The fourth-order valence-corrected chi connectivity index (χ4v) is 3.46. The third kappa shape index (κ3) is 5.73. The maximum Gasteiger partial charge on any atom is 0.220 e. The summed E-state index contributed by atoms with van der Waals surface area (Å²) in [6.45, 7) is 2.07. The molecule has 1 saturated carbocycles. The highest BCUT2D eigenvalue weighted by molar-refractivity contribution is 6.30. The lowest BCUT2D eigenvalue weighted by molar-refractivity contribution is -0.122. The van der Waals surface area contributed by atoms with Crippen LogP contribution in [-0.4, -0.2) is 23.0 Å². The minimum absolute atomic E-state index is 0.134. The molecule has 3 rings (SSSR count). The maximum absolute atomic E-state index is 12.2. The first-order valence-electron chi connectivity index (χ1n) is 9.21. The zero-order valence-corrected chi connectivity index (χ0v) is 15.8. The van der Waals surface area contributed by atoms with E-state index >= 15 is 0 Å². The summed E-state index contributed by atoms with van der Waals surface area (Å²) >= 11 is 5.84. The molecule has 2 aromatic rings. The van der Waals surface area contributed by atoms with Crippen LogP contribution in [0.5, 0.6) is 5.88 Å². The molecule has 0 atom stereocenters. The van der Waals surface area contributed by atoms with Crippen molar-refractivity contribution in [3.8, 4) is 5.88 Å². The number of pyridine rings is 1. The first-order valence-corrected chi connectivity index (χ1v) is 9.59. The average Bonchev–Trinajstić information content (AvgIpc) is 2.64. The number of carbonyl (C=O) groups is 1. The lowest BCUT2D eigenvalue weighted by Gasteiger charge is -2.29. The van der Waals surface area contributed by atoms with Gasteiger partial charge in [-0.05, 0) is 50.7 Å². The highest BCUT2D eigenvalue weighted by atomic mass is 35.5. The molecule has 1 aromatic heterocycles. The van der Waals surface area contributed by atoms with E-state index in [2.05, 4.69) is 35.4 Å². The van der Waals surface area contributed by atoms with Crippen molar-refractivity contribution >= 4 is 17.5 Å². The van der Waals surface area contributed by atoms with Gasteiger partial charge in [-0.2, -0.15) is 0 Å². The number of hydrogen-bond donors (Lipinski definition) is 1. The van der Waals surface area contributed by atoms with E-state index in [0.717, 1.165) is 32.1 Å². The Morgan fingerprint density at radius 1 is 1.23 bits per heavy atom. The Balaban J connectivity index is 1.38. The Kier molecular flexibility index (Phi) is 6.51. The van der Waals surface area contributed by atoms with Crippen molar-refractivity contribution in [1.29, 1.82) is 0 Å². The van der Waals surface area contributed by atoms with E-state index in [1.807, 2.05) is 6.07 Å². The summed E-state index contributed by atoms with van der Waals surface area (Å²) < 4.78 is 5.90. The molecule has 0 unspecified atom stereocenters.